The first kappa shape index (κ1) is 18.3. The van der Waals surface area contributed by atoms with E-state index in [4.69, 9.17) is 9.47 Å². The number of aromatic nitrogens is 1. The van der Waals surface area contributed by atoms with E-state index in [-0.39, 0.29) is 6.61 Å². The van der Waals surface area contributed by atoms with Crippen molar-refractivity contribution in [2.75, 3.05) is 31.2 Å². The summed E-state index contributed by atoms with van der Waals surface area (Å²) in [5.74, 6) is -0.107. The van der Waals surface area contributed by atoms with Crippen LogP contribution < -0.4 is 4.90 Å². The van der Waals surface area contributed by atoms with Crippen LogP contribution >= 0.6 is 0 Å². The van der Waals surface area contributed by atoms with Crippen LogP contribution in [0.4, 0.5) is 5.82 Å². The number of morpholine rings is 1. The van der Waals surface area contributed by atoms with Gasteiger partial charge in [0, 0.05) is 24.8 Å². The summed E-state index contributed by atoms with van der Waals surface area (Å²) in [6.07, 6.45) is -1.61. The SMILES string of the molecule is O=C(OCc1ccccc1)[C@H](O)[C@@H](O)c1ccc(N2CCOCC2)nc1. The smallest absolute Gasteiger partial charge is 0.338 e. The number of carbonyl (C=O) groups is 1. The van der Waals surface area contributed by atoms with Crippen LogP contribution in [0, 0.1) is 0 Å². The zero-order valence-electron chi connectivity index (χ0n) is 14.3. The Morgan fingerprint density at radius 3 is 2.54 bits per heavy atom. The van der Waals surface area contributed by atoms with Gasteiger partial charge in [-0.1, -0.05) is 36.4 Å². The molecule has 0 aliphatic carbocycles. The topological polar surface area (TPSA) is 92.1 Å². The second-order valence-electron chi connectivity index (χ2n) is 6.03. The molecule has 26 heavy (non-hydrogen) atoms. The van der Waals surface area contributed by atoms with Crippen molar-refractivity contribution in [2.24, 2.45) is 0 Å². The minimum Gasteiger partial charge on any atom is -0.459 e. The minimum absolute atomic E-state index is 0.0394. The summed E-state index contributed by atoms with van der Waals surface area (Å²) >= 11 is 0. The highest BCUT2D eigenvalue weighted by Gasteiger charge is 2.27. The standard InChI is InChI=1S/C19H22N2O5/c22-17(18(23)19(24)26-13-14-4-2-1-3-5-14)15-6-7-16(20-12-15)21-8-10-25-11-9-21/h1-7,12,17-18,22-23H,8-11,13H2/t17-,18+/m0/s1. The van der Waals surface area contributed by atoms with Gasteiger partial charge in [-0.25, -0.2) is 9.78 Å². The van der Waals surface area contributed by atoms with E-state index in [0.717, 1.165) is 24.5 Å². The van der Waals surface area contributed by atoms with Crippen molar-refractivity contribution in [3.8, 4) is 0 Å². The highest BCUT2D eigenvalue weighted by atomic mass is 16.5. The normalized spacial score (nSPS) is 16.8. The van der Waals surface area contributed by atoms with Crippen molar-refractivity contribution in [3.63, 3.8) is 0 Å². The number of hydrogen-bond donors (Lipinski definition) is 2. The van der Waals surface area contributed by atoms with Gasteiger partial charge in [0.25, 0.3) is 0 Å². The van der Waals surface area contributed by atoms with Gasteiger partial charge >= 0.3 is 5.97 Å². The van der Waals surface area contributed by atoms with Crippen LogP contribution in [-0.4, -0.2) is 53.6 Å². The molecule has 0 amide bonds. The van der Waals surface area contributed by atoms with Crippen molar-refractivity contribution in [2.45, 2.75) is 18.8 Å². The summed E-state index contributed by atoms with van der Waals surface area (Å²) in [4.78, 5) is 18.4. The zero-order chi connectivity index (χ0) is 18.4. The Labute approximate surface area is 151 Å². The molecule has 1 aromatic carbocycles. The lowest BCUT2D eigenvalue weighted by Gasteiger charge is -2.28. The van der Waals surface area contributed by atoms with E-state index >= 15 is 0 Å². The Kier molecular flexibility index (Phi) is 6.17. The Morgan fingerprint density at radius 2 is 1.88 bits per heavy atom. The second kappa shape index (κ2) is 8.75. The maximum Gasteiger partial charge on any atom is 0.338 e. The van der Waals surface area contributed by atoms with Gasteiger partial charge in [-0.05, 0) is 11.6 Å². The fraction of sp³-hybridized carbons (Fsp3) is 0.368. The molecule has 0 unspecified atom stereocenters. The number of esters is 1. The van der Waals surface area contributed by atoms with Crippen LogP contribution in [0.5, 0.6) is 0 Å². The molecular formula is C19H22N2O5. The van der Waals surface area contributed by atoms with Crippen LogP contribution in [-0.2, 0) is 20.9 Å². The molecule has 1 fully saturated rings. The lowest BCUT2D eigenvalue weighted by Crippen LogP contribution is -2.36. The number of hydrogen-bond acceptors (Lipinski definition) is 7. The van der Waals surface area contributed by atoms with Gasteiger partial charge in [-0.15, -0.1) is 0 Å². The lowest BCUT2D eigenvalue weighted by molar-refractivity contribution is -0.161. The summed E-state index contributed by atoms with van der Waals surface area (Å²) in [5, 5.41) is 20.3. The van der Waals surface area contributed by atoms with Crippen molar-refractivity contribution < 1.29 is 24.5 Å². The van der Waals surface area contributed by atoms with Crippen LogP contribution in [0.1, 0.15) is 17.2 Å². The molecule has 3 rings (SSSR count). The van der Waals surface area contributed by atoms with Gasteiger partial charge in [0.2, 0.25) is 0 Å². The number of benzene rings is 1. The van der Waals surface area contributed by atoms with Gasteiger partial charge in [-0.2, -0.15) is 0 Å². The summed E-state index contributed by atoms with van der Waals surface area (Å²) in [6.45, 7) is 2.85. The number of carbonyl (C=O) groups excluding carboxylic acids is 1. The first-order valence-corrected chi connectivity index (χ1v) is 8.50. The lowest BCUT2D eigenvalue weighted by atomic mass is 10.1. The molecule has 1 aliphatic heterocycles. The van der Waals surface area contributed by atoms with E-state index < -0.39 is 18.2 Å². The molecule has 0 radical (unpaired) electrons. The largest absolute Gasteiger partial charge is 0.459 e. The number of nitrogens with zero attached hydrogens (tertiary/aromatic N) is 2. The maximum atomic E-state index is 12.0. The molecule has 2 N–H and O–H groups in total. The molecule has 2 aromatic rings. The predicted octanol–water partition coefficient (Wildman–Crippen LogP) is 1.06. The summed E-state index contributed by atoms with van der Waals surface area (Å²) in [7, 11) is 0. The number of ether oxygens (including phenoxy) is 2. The number of aliphatic hydroxyl groups is 2. The van der Waals surface area contributed by atoms with Crippen LogP contribution in [0.2, 0.25) is 0 Å². The van der Waals surface area contributed by atoms with Crippen LogP contribution in [0.15, 0.2) is 48.7 Å². The average molecular weight is 358 g/mol. The summed E-state index contributed by atoms with van der Waals surface area (Å²) in [5.41, 5.74) is 1.16. The van der Waals surface area contributed by atoms with Gasteiger partial charge in [0.15, 0.2) is 6.10 Å². The van der Waals surface area contributed by atoms with E-state index in [1.54, 1.807) is 12.1 Å². The highest BCUT2D eigenvalue weighted by molar-refractivity contribution is 5.75. The zero-order valence-corrected chi connectivity index (χ0v) is 14.3. The third kappa shape index (κ3) is 4.57. The number of aliphatic hydroxyl groups excluding tert-OH is 2. The van der Waals surface area contributed by atoms with E-state index in [0.29, 0.717) is 18.8 Å². The molecule has 2 atom stereocenters. The molecular weight excluding hydrogens is 336 g/mol. The fourth-order valence-electron chi connectivity index (χ4n) is 2.68. The van der Waals surface area contributed by atoms with E-state index in [2.05, 4.69) is 9.88 Å². The van der Waals surface area contributed by atoms with Gasteiger partial charge < -0.3 is 24.6 Å². The molecule has 1 aromatic heterocycles. The average Bonchev–Trinajstić information content (AvgIpc) is 2.72. The van der Waals surface area contributed by atoms with Crippen molar-refractivity contribution >= 4 is 11.8 Å². The fourth-order valence-corrected chi connectivity index (χ4v) is 2.68. The van der Waals surface area contributed by atoms with Crippen molar-refractivity contribution in [1.29, 1.82) is 0 Å². The van der Waals surface area contributed by atoms with Gasteiger partial charge in [-0.3, -0.25) is 0 Å². The third-order valence-corrected chi connectivity index (χ3v) is 4.21. The van der Waals surface area contributed by atoms with Crippen molar-refractivity contribution in [1.82, 2.24) is 4.98 Å². The first-order valence-electron chi connectivity index (χ1n) is 8.50. The molecule has 0 spiro atoms. The summed E-state index contributed by atoms with van der Waals surface area (Å²) < 4.78 is 10.4. The maximum absolute atomic E-state index is 12.0. The molecule has 0 saturated carbocycles. The number of pyridine rings is 1. The second-order valence-corrected chi connectivity index (χ2v) is 6.03. The molecule has 1 aliphatic rings. The van der Waals surface area contributed by atoms with Gasteiger partial charge in [0.1, 0.15) is 18.5 Å². The quantitative estimate of drug-likeness (QED) is 0.746. The summed E-state index contributed by atoms with van der Waals surface area (Å²) in [6, 6.07) is 12.5. The number of anilines is 1. The van der Waals surface area contributed by atoms with E-state index in [9.17, 15) is 15.0 Å². The number of rotatable bonds is 6. The third-order valence-electron chi connectivity index (χ3n) is 4.21. The van der Waals surface area contributed by atoms with E-state index in [1.165, 1.54) is 6.20 Å². The molecule has 7 heteroatoms. The Hall–Kier alpha value is -2.48. The minimum atomic E-state index is -1.67. The molecule has 2 heterocycles. The van der Waals surface area contributed by atoms with E-state index in [1.807, 2.05) is 30.3 Å². The Morgan fingerprint density at radius 1 is 1.15 bits per heavy atom. The van der Waals surface area contributed by atoms with Crippen LogP contribution in [0.25, 0.3) is 0 Å². The molecule has 0 bridgehead atoms. The molecule has 138 valence electrons. The van der Waals surface area contributed by atoms with Crippen LogP contribution in [0.3, 0.4) is 0 Å². The Bertz CT molecular complexity index is 702. The van der Waals surface area contributed by atoms with Gasteiger partial charge in [0.05, 0.1) is 13.2 Å². The monoisotopic (exact) mass is 358 g/mol. The highest BCUT2D eigenvalue weighted by Crippen LogP contribution is 2.20. The first-order chi connectivity index (χ1) is 12.6. The Balaban J connectivity index is 1.56. The molecule has 7 nitrogen and oxygen atoms in total. The molecule has 1 saturated heterocycles. The van der Waals surface area contributed by atoms with Crippen molar-refractivity contribution in [3.05, 3.63) is 59.8 Å². The predicted molar refractivity (Wildman–Crippen MR) is 94.5 cm³/mol.